The van der Waals surface area contributed by atoms with Gasteiger partial charge in [-0.3, -0.25) is 0 Å². The third-order valence-corrected chi connectivity index (χ3v) is 7.28. The molecule has 1 aliphatic carbocycles. The monoisotopic (exact) mass is 454 g/mol. The zero-order chi connectivity index (χ0) is 23.4. The van der Waals surface area contributed by atoms with Crippen LogP contribution in [0.15, 0.2) is 42.5 Å². The maximum atomic E-state index is 15.3. The predicted octanol–water partition coefficient (Wildman–Crippen LogP) is 9.18. The van der Waals surface area contributed by atoms with Gasteiger partial charge in [0.15, 0.2) is 17.4 Å². The Morgan fingerprint density at radius 2 is 1.58 bits per heavy atom. The number of fused-ring (bicyclic) bond motifs is 1. The highest BCUT2D eigenvalue weighted by molar-refractivity contribution is 5.89. The molecule has 0 bridgehead atoms. The van der Waals surface area contributed by atoms with Gasteiger partial charge in [-0.1, -0.05) is 69.4 Å². The molecule has 0 atom stereocenters. The molecule has 0 N–H and O–H groups in total. The molecular formula is C29H33F3O. The van der Waals surface area contributed by atoms with E-state index in [1.54, 1.807) is 6.07 Å². The second-order valence-electron chi connectivity index (χ2n) is 9.45. The zero-order valence-corrected chi connectivity index (χ0v) is 19.6. The van der Waals surface area contributed by atoms with Crippen LogP contribution in [0.25, 0.3) is 21.9 Å². The van der Waals surface area contributed by atoms with Crippen molar-refractivity contribution in [1.29, 1.82) is 0 Å². The molecule has 0 radical (unpaired) electrons. The first-order valence-corrected chi connectivity index (χ1v) is 12.3. The number of hydrogen-bond acceptors (Lipinski definition) is 1. The van der Waals surface area contributed by atoms with E-state index in [4.69, 9.17) is 4.74 Å². The molecule has 0 amide bonds. The van der Waals surface area contributed by atoms with Gasteiger partial charge in [-0.15, -0.1) is 0 Å². The Morgan fingerprint density at radius 3 is 2.24 bits per heavy atom. The van der Waals surface area contributed by atoms with E-state index in [0.29, 0.717) is 11.3 Å². The Balaban J connectivity index is 1.50. The Labute approximate surface area is 195 Å². The first kappa shape index (κ1) is 23.7. The predicted molar refractivity (Wildman–Crippen MR) is 129 cm³/mol. The maximum Gasteiger partial charge on any atom is 0.190 e. The van der Waals surface area contributed by atoms with Gasteiger partial charge in [0, 0.05) is 10.9 Å². The molecule has 0 aliphatic heterocycles. The molecule has 3 aromatic rings. The number of halogens is 3. The van der Waals surface area contributed by atoms with Crippen LogP contribution >= 0.6 is 0 Å². The highest BCUT2D eigenvalue weighted by Crippen LogP contribution is 2.39. The Hall–Kier alpha value is -2.49. The molecule has 0 unspecified atom stereocenters. The number of hydrogen-bond donors (Lipinski definition) is 0. The van der Waals surface area contributed by atoms with E-state index in [1.807, 2.05) is 18.2 Å². The van der Waals surface area contributed by atoms with E-state index in [1.165, 1.54) is 70.5 Å². The molecule has 0 heterocycles. The highest BCUT2D eigenvalue weighted by atomic mass is 19.1. The molecule has 4 heteroatoms. The smallest absolute Gasteiger partial charge is 0.190 e. The Morgan fingerprint density at radius 1 is 0.848 bits per heavy atom. The number of rotatable bonds is 8. The number of unbranched alkanes of at least 4 members (excludes halogenated alkanes) is 3. The van der Waals surface area contributed by atoms with Gasteiger partial charge in [0.05, 0.1) is 7.11 Å². The fourth-order valence-electron chi connectivity index (χ4n) is 5.34. The lowest BCUT2D eigenvalue weighted by Gasteiger charge is -2.29. The quantitative estimate of drug-likeness (QED) is 0.308. The van der Waals surface area contributed by atoms with Crippen molar-refractivity contribution in [2.45, 2.75) is 70.6 Å². The molecule has 0 aromatic heterocycles. The van der Waals surface area contributed by atoms with Crippen LogP contribution in [0.2, 0.25) is 0 Å². The minimum atomic E-state index is -0.844. The van der Waals surface area contributed by atoms with Gasteiger partial charge in [0.1, 0.15) is 5.82 Å². The van der Waals surface area contributed by atoms with Crippen LogP contribution in [0, 0.1) is 23.4 Å². The summed E-state index contributed by atoms with van der Waals surface area (Å²) < 4.78 is 48.3. The zero-order valence-electron chi connectivity index (χ0n) is 19.6. The molecule has 1 nitrogen and oxygen atoms in total. The highest BCUT2D eigenvalue weighted by Gasteiger charge is 2.23. The summed E-state index contributed by atoms with van der Waals surface area (Å²) in [4.78, 5) is 0. The summed E-state index contributed by atoms with van der Waals surface area (Å²) >= 11 is 0. The van der Waals surface area contributed by atoms with Gasteiger partial charge in [-0.05, 0) is 66.2 Å². The first-order chi connectivity index (χ1) is 16.0. The first-order valence-electron chi connectivity index (χ1n) is 12.3. The lowest BCUT2D eigenvalue weighted by Crippen LogP contribution is -2.13. The number of ether oxygens (including phenoxy) is 1. The van der Waals surface area contributed by atoms with Crippen LogP contribution in [-0.2, 0) is 0 Å². The molecule has 1 aliphatic rings. The second kappa shape index (κ2) is 10.6. The summed E-state index contributed by atoms with van der Waals surface area (Å²) in [6, 6.07) is 11.6. The molecule has 3 aromatic carbocycles. The molecule has 33 heavy (non-hydrogen) atoms. The van der Waals surface area contributed by atoms with Crippen molar-refractivity contribution in [3.05, 3.63) is 65.5 Å². The summed E-state index contributed by atoms with van der Waals surface area (Å²) in [5.74, 6) is -1.23. The van der Waals surface area contributed by atoms with Crippen LogP contribution in [0.5, 0.6) is 5.75 Å². The molecule has 0 saturated heterocycles. The van der Waals surface area contributed by atoms with E-state index in [2.05, 4.69) is 13.0 Å². The van der Waals surface area contributed by atoms with Crippen LogP contribution < -0.4 is 4.74 Å². The van der Waals surface area contributed by atoms with Crippen molar-refractivity contribution < 1.29 is 17.9 Å². The van der Waals surface area contributed by atoms with Crippen molar-refractivity contribution in [3.63, 3.8) is 0 Å². The van der Waals surface area contributed by atoms with E-state index in [-0.39, 0.29) is 11.1 Å². The molecule has 1 fully saturated rings. The largest absolute Gasteiger partial charge is 0.491 e. The third kappa shape index (κ3) is 5.20. The molecule has 176 valence electrons. The van der Waals surface area contributed by atoms with Crippen molar-refractivity contribution >= 4 is 10.8 Å². The lowest BCUT2D eigenvalue weighted by molar-refractivity contribution is 0.302. The summed E-state index contributed by atoms with van der Waals surface area (Å²) in [6.45, 7) is 2.25. The minimum Gasteiger partial charge on any atom is -0.491 e. The molecule has 4 rings (SSSR count). The van der Waals surface area contributed by atoms with Crippen molar-refractivity contribution in [1.82, 2.24) is 0 Å². The SMILES string of the molecule is CCCCCC[C@H]1CC[C@H](c2ccc3c(F)c(-c4cc(F)c(OC)c(F)c4)ccc3c2)CC1. The molecule has 0 spiro atoms. The topological polar surface area (TPSA) is 9.23 Å². The van der Waals surface area contributed by atoms with E-state index in [9.17, 15) is 8.78 Å². The number of benzene rings is 3. The summed E-state index contributed by atoms with van der Waals surface area (Å²) in [7, 11) is 1.20. The fraction of sp³-hybridized carbons (Fsp3) is 0.448. The molecule has 1 saturated carbocycles. The van der Waals surface area contributed by atoms with Crippen LogP contribution in [0.4, 0.5) is 13.2 Å². The fourth-order valence-corrected chi connectivity index (χ4v) is 5.34. The van der Waals surface area contributed by atoms with Crippen LogP contribution in [0.1, 0.15) is 76.2 Å². The summed E-state index contributed by atoms with van der Waals surface area (Å²) in [5, 5.41) is 1.29. The summed E-state index contributed by atoms with van der Waals surface area (Å²) in [5.41, 5.74) is 1.60. The third-order valence-electron chi connectivity index (χ3n) is 7.28. The van der Waals surface area contributed by atoms with Gasteiger partial charge in [0.2, 0.25) is 0 Å². The minimum absolute atomic E-state index is 0.159. The van der Waals surface area contributed by atoms with E-state index >= 15 is 4.39 Å². The van der Waals surface area contributed by atoms with E-state index < -0.39 is 23.2 Å². The van der Waals surface area contributed by atoms with Gasteiger partial charge in [-0.2, -0.15) is 0 Å². The van der Waals surface area contributed by atoms with Gasteiger partial charge in [-0.25, -0.2) is 13.2 Å². The van der Waals surface area contributed by atoms with Gasteiger partial charge >= 0.3 is 0 Å². The number of methoxy groups -OCH3 is 1. The van der Waals surface area contributed by atoms with Gasteiger partial charge in [0.25, 0.3) is 0 Å². The second-order valence-corrected chi connectivity index (χ2v) is 9.45. The van der Waals surface area contributed by atoms with Crippen molar-refractivity contribution in [2.24, 2.45) is 5.92 Å². The Kier molecular flexibility index (Phi) is 7.62. The average Bonchev–Trinajstić information content (AvgIpc) is 2.82. The van der Waals surface area contributed by atoms with Crippen LogP contribution in [-0.4, -0.2) is 7.11 Å². The normalized spacial score (nSPS) is 18.6. The van der Waals surface area contributed by atoms with Gasteiger partial charge < -0.3 is 4.74 Å². The Bertz CT molecular complexity index is 1080. The summed E-state index contributed by atoms with van der Waals surface area (Å²) in [6.07, 6.45) is 11.6. The average molecular weight is 455 g/mol. The molecular weight excluding hydrogens is 421 g/mol. The van der Waals surface area contributed by atoms with Crippen LogP contribution in [0.3, 0.4) is 0 Å². The van der Waals surface area contributed by atoms with Crippen molar-refractivity contribution in [3.8, 4) is 16.9 Å². The lowest BCUT2D eigenvalue weighted by atomic mass is 9.76. The maximum absolute atomic E-state index is 15.3. The van der Waals surface area contributed by atoms with Crippen molar-refractivity contribution in [2.75, 3.05) is 7.11 Å². The van der Waals surface area contributed by atoms with E-state index in [0.717, 1.165) is 23.4 Å². The standard InChI is InChI=1S/C29H33F3O/c1-3-4-5-6-7-19-8-10-20(11-9-19)21-12-14-24-22(16-21)13-15-25(28(24)32)23-17-26(30)29(33-2)27(31)18-23/h12-20H,3-11H2,1-2H3/t19-,20-.